The Hall–Kier alpha value is -1.06. The first-order valence-corrected chi connectivity index (χ1v) is 10.7. The molecule has 0 unspecified atom stereocenters. The van der Waals surface area contributed by atoms with E-state index in [9.17, 15) is 4.79 Å². The summed E-state index contributed by atoms with van der Waals surface area (Å²) >= 11 is 2.18. The number of amides is 1. The van der Waals surface area contributed by atoms with Gasteiger partial charge < -0.3 is 19.5 Å². The minimum atomic E-state index is -0.0569. The Morgan fingerprint density at radius 1 is 1.15 bits per heavy atom. The molecule has 0 radical (unpaired) electrons. The number of rotatable bonds is 6. The quantitative estimate of drug-likeness (QED) is 0.624. The molecule has 150 valence electrons. The fourth-order valence-corrected chi connectivity index (χ4v) is 4.90. The molecule has 6 nitrogen and oxygen atoms in total. The van der Waals surface area contributed by atoms with Crippen molar-refractivity contribution in [2.75, 3.05) is 47.1 Å². The first-order chi connectivity index (χ1) is 13.1. The highest BCUT2D eigenvalue weighted by molar-refractivity contribution is 14.1. The van der Waals surface area contributed by atoms with Crippen LogP contribution in [0.15, 0.2) is 12.1 Å². The second-order valence-corrected chi connectivity index (χ2v) is 8.42. The minimum absolute atomic E-state index is 0.0552. The van der Waals surface area contributed by atoms with Crippen LogP contribution in [0, 0.1) is 3.57 Å². The molecule has 1 saturated carbocycles. The molecule has 27 heavy (non-hydrogen) atoms. The van der Waals surface area contributed by atoms with Crippen LogP contribution in [0.2, 0.25) is 0 Å². The highest BCUT2D eigenvalue weighted by atomic mass is 127. The molecular weight excluding hydrogens is 459 g/mol. The number of ether oxygens (including phenoxy) is 3. The van der Waals surface area contributed by atoms with Crippen molar-refractivity contribution in [2.45, 2.75) is 37.6 Å². The number of benzene rings is 1. The van der Waals surface area contributed by atoms with Gasteiger partial charge in [0.15, 0.2) is 11.5 Å². The number of nitrogens with one attached hydrogen (secondary N) is 1. The maximum atomic E-state index is 12.9. The van der Waals surface area contributed by atoms with Crippen LogP contribution >= 0.6 is 22.6 Å². The predicted octanol–water partition coefficient (Wildman–Crippen LogP) is 3.07. The van der Waals surface area contributed by atoms with Crippen molar-refractivity contribution >= 4 is 28.5 Å². The number of methoxy groups -OCH3 is 2. The van der Waals surface area contributed by atoms with Gasteiger partial charge in [-0.05, 0) is 47.6 Å². The Morgan fingerprint density at radius 2 is 1.78 bits per heavy atom. The van der Waals surface area contributed by atoms with Gasteiger partial charge in [0.2, 0.25) is 0 Å². The van der Waals surface area contributed by atoms with Gasteiger partial charge in [-0.3, -0.25) is 9.69 Å². The standard InChI is InChI=1S/C20H29IN2O4/c1-25-17-12-15(16(21)13-18(17)26-2)19(24)22-14-20(6-4-3-5-7-20)23-8-10-27-11-9-23/h12-13H,3-11,14H2,1-2H3,(H,22,24). The van der Waals surface area contributed by atoms with E-state index in [1.165, 1.54) is 19.3 Å². The summed E-state index contributed by atoms with van der Waals surface area (Å²) in [6.45, 7) is 4.14. The normalized spacial score (nSPS) is 20.1. The zero-order valence-corrected chi connectivity index (χ0v) is 18.3. The second-order valence-electron chi connectivity index (χ2n) is 7.25. The monoisotopic (exact) mass is 488 g/mol. The molecule has 1 N–H and O–H groups in total. The van der Waals surface area contributed by atoms with Crippen LogP contribution in [0.1, 0.15) is 42.5 Å². The average Bonchev–Trinajstić information content (AvgIpc) is 2.73. The number of hydrogen-bond acceptors (Lipinski definition) is 5. The maximum absolute atomic E-state index is 12.9. The second kappa shape index (κ2) is 9.43. The Labute approximate surface area is 175 Å². The van der Waals surface area contributed by atoms with Gasteiger partial charge in [-0.15, -0.1) is 0 Å². The number of carbonyl (C=O) groups excluding carboxylic acids is 1. The molecule has 1 heterocycles. The van der Waals surface area contributed by atoms with Crippen LogP contribution in [0.4, 0.5) is 0 Å². The molecule has 3 rings (SSSR count). The van der Waals surface area contributed by atoms with Gasteiger partial charge in [0.1, 0.15) is 0 Å². The van der Waals surface area contributed by atoms with E-state index < -0.39 is 0 Å². The molecule has 1 amide bonds. The van der Waals surface area contributed by atoms with Crippen LogP contribution in [0.25, 0.3) is 0 Å². The molecule has 0 atom stereocenters. The van der Waals surface area contributed by atoms with Crippen LogP contribution in [-0.4, -0.2) is 63.4 Å². The number of morpholine rings is 1. The van der Waals surface area contributed by atoms with Crippen molar-refractivity contribution in [3.63, 3.8) is 0 Å². The van der Waals surface area contributed by atoms with E-state index in [0.717, 1.165) is 42.7 Å². The lowest BCUT2D eigenvalue weighted by Crippen LogP contribution is -2.59. The van der Waals surface area contributed by atoms with E-state index in [2.05, 4.69) is 32.8 Å². The molecule has 2 aliphatic rings. The van der Waals surface area contributed by atoms with E-state index in [-0.39, 0.29) is 11.4 Å². The molecule has 1 saturated heterocycles. The molecular formula is C20H29IN2O4. The minimum Gasteiger partial charge on any atom is -0.493 e. The van der Waals surface area contributed by atoms with Crippen molar-refractivity contribution in [3.05, 3.63) is 21.3 Å². The topological polar surface area (TPSA) is 60.0 Å². The molecule has 1 aromatic carbocycles. The van der Waals surface area contributed by atoms with E-state index in [1.54, 1.807) is 20.3 Å². The summed E-state index contributed by atoms with van der Waals surface area (Å²) in [6, 6.07) is 3.60. The highest BCUT2D eigenvalue weighted by Crippen LogP contribution is 2.35. The van der Waals surface area contributed by atoms with Crippen LogP contribution in [0.5, 0.6) is 11.5 Å². The number of hydrogen-bond donors (Lipinski definition) is 1. The predicted molar refractivity (Wildman–Crippen MR) is 113 cm³/mol. The van der Waals surface area contributed by atoms with Crippen LogP contribution in [0.3, 0.4) is 0 Å². The highest BCUT2D eigenvalue weighted by Gasteiger charge is 2.39. The SMILES string of the molecule is COc1cc(I)c(C(=O)NCC2(N3CCOCC3)CCCCC2)cc1OC. The summed E-state index contributed by atoms with van der Waals surface area (Å²) in [5.74, 6) is 1.15. The van der Waals surface area contributed by atoms with Crippen molar-refractivity contribution < 1.29 is 19.0 Å². The summed E-state index contributed by atoms with van der Waals surface area (Å²) in [4.78, 5) is 15.5. The van der Waals surface area contributed by atoms with Crippen molar-refractivity contribution in [1.29, 1.82) is 0 Å². The number of nitrogens with zero attached hydrogens (tertiary/aromatic N) is 1. The van der Waals surface area contributed by atoms with Gasteiger partial charge in [-0.1, -0.05) is 19.3 Å². The smallest absolute Gasteiger partial charge is 0.252 e. The summed E-state index contributed by atoms with van der Waals surface area (Å²) in [7, 11) is 3.19. The third-order valence-corrected chi connectivity index (χ3v) is 6.65. The molecule has 1 aliphatic carbocycles. The van der Waals surface area contributed by atoms with Gasteiger partial charge >= 0.3 is 0 Å². The molecule has 1 aromatic rings. The molecule has 2 fully saturated rings. The van der Waals surface area contributed by atoms with Gasteiger partial charge in [0, 0.05) is 28.7 Å². The number of carbonyl (C=O) groups is 1. The van der Waals surface area contributed by atoms with Crippen molar-refractivity contribution in [1.82, 2.24) is 10.2 Å². The fourth-order valence-electron chi connectivity index (χ4n) is 4.22. The van der Waals surface area contributed by atoms with E-state index in [1.807, 2.05) is 6.07 Å². The Morgan fingerprint density at radius 3 is 2.41 bits per heavy atom. The molecule has 0 spiro atoms. The van der Waals surface area contributed by atoms with Gasteiger partial charge in [-0.25, -0.2) is 0 Å². The zero-order chi connectivity index (χ0) is 19.3. The summed E-state index contributed by atoms with van der Waals surface area (Å²) < 4.78 is 17.1. The molecule has 1 aliphatic heterocycles. The lowest BCUT2D eigenvalue weighted by Gasteiger charge is -2.48. The van der Waals surface area contributed by atoms with Crippen LogP contribution in [-0.2, 0) is 4.74 Å². The molecule has 7 heteroatoms. The third-order valence-electron chi connectivity index (χ3n) is 5.76. The van der Waals surface area contributed by atoms with Crippen LogP contribution < -0.4 is 14.8 Å². The Bertz CT molecular complexity index is 656. The fraction of sp³-hybridized carbons (Fsp3) is 0.650. The van der Waals surface area contributed by atoms with Gasteiger partial charge in [-0.2, -0.15) is 0 Å². The summed E-state index contributed by atoms with van der Waals surface area (Å²) in [6.07, 6.45) is 6.00. The third kappa shape index (κ3) is 4.68. The van der Waals surface area contributed by atoms with Crippen molar-refractivity contribution in [2.24, 2.45) is 0 Å². The lowest BCUT2D eigenvalue weighted by molar-refractivity contribution is -0.0361. The average molecular weight is 488 g/mol. The first kappa shape index (κ1) is 20.7. The largest absolute Gasteiger partial charge is 0.493 e. The van der Waals surface area contributed by atoms with E-state index in [4.69, 9.17) is 14.2 Å². The zero-order valence-electron chi connectivity index (χ0n) is 16.2. The Kier molecular flexibility index (Phi) is 7.22. The van der Waals surface area contributed by atoms with Gasteiger partial charge in [0.05, 0.1) is 33.0 Å². The van der Waals surface area contributed by atoms with E-state index in [0.29, 0.717) is 23.6 Å². The first-order valence-electron chi connectivity index (χ1n) is 9.62. The molecule has 0 bridgehead atoms. The lowest BCUT2D eigenvalue weighted by atomic mass is 9.79. The van der Waals surface area contributed by atoms with E-state index >= 15 is 0 Å². The van der Waals surface area contributed by atoms with Gasteiger partial charge in [0.25, 0.3) is 5.91 Å². The van der Waals surface area contributed by atoms with Crippen molar-refractivity contribution in [3.8, 4) is 11.5 Å². The molecule has 0 aromatic heterocycles. The number of halogens is 1. The Balaban J connectivity index is 1.74. The summed E-state index contributed by atoms with van der Waals surface area (Å²) in [5, 5.41) is 3.21. The summed E-state index contributed by atoms with van der Waals surface area (Å²) in [5.41, 5.74) is 0.681. The maximum Gasteiger partial charge on any atom is 0.252 e.